The van der Waals surface area contributed by atoms with Crippen LogP contribution in [0.4, 0.5) is 4.79 Å². The van der Waals surface area contributed by atoms with E-state index >= 15 is 0 Å². The number of amides is 3. The highest BCUT2D eigenvalue weighted by Gasteiger charge is 2.11. The molecule has 6 nitrogen and oxygen atoms in total. The largest absolute Gasteiger partial charge is 0.490 e. The molecule has 0 aliphatic heterocycles. The van der Waals surface area contributed by atoms with Gasteiger partial charge in [0.2, 0.25) is 5.91 Å². The average molecular weight is 388 g/mol. The van der Waals surface area contributed by atoms with E-state index in [-0.39, 0.29) is 12.5 Å². The third-order valence-corrected chi connectivity index (χ3v) is 4.58. The van der Waals surface area contributed by atoms with E-state index in [0.717, 1.165) is 17.7 Å². The number of likely N-dealkylation sites (N-methyl/N-ethyl adjacent to an activating group) is 1. The fourth-order valence-electron chi connectivity index (χ4n) is 2.42. The van der Waals surface area contributed by atoms with E-state index in [1.807, 2.05) is 53.7 Å². The van der Waals surface area contributed by atoms with Crippen molar-refractivity contribution < 1.29 is 14.3 Å². The van der Waals surface area contributed by atoms with Gasteiger partial charge < -0.3 is 10.1 Å². The zero-order valence-electron chi connectivity index (χ0n) is 15.4. The van der Waals surface area contributed by atoms with Gasteiger partial charge >= 0.3 is 6.03 Å². The lowest BCUT2D eigenvalue weighted by Gasteiger charge is -2.16. The number of imide groups is 1. The molecule has 0 saturated carbocycles. The van der Waals surface area contributed by atoms with Crippen LogP contribution in [-0.2, 0) is 17.8 Å². The van der Waals surface area contributed by atoms with Crippen LogP contribution in [0.25, 0.3) is 0 Å². The van der Waals surface area contributed by atoms with Gasteiger partial charge in [-0.2, -0.15) is 0 Å². The zero-order valence-corrected chi connectivity index (χ0v) is 16.3. The number of rotatable bonds is 10. The quantitative estimate of drug-likeness (QED) is 0.615. The highest BCUT2D eigenvalue weighted by Crippen LogP contribution is 2.13. The second-order valence-corrected chi connectivity index (χ2v) is 7.08. The van der Waals surface area contributed by atoms with Crippen LogP contribution in [0.1, 0.15) is 10.4 Å². The molecule has 2 N–H and O–H groups in total. The summed E-state index contributed by atoms with van der Waals surface area (Å²) in [5.74, 6) is 0.440. The van der Waals surface area contributed by atoms with Gasteiger partial charge in [-0.1, -0.05) is 30.9 Å². The molecule has 144 valence electrons. The van der Waals surface area contributed by atoms with Crippen molar-refractivity contribution in [1.29, 1.82) is 0 Å². The summed E-state index contributed by atoms with van der Waals surface area (Å²) in [5, 5.41) is 7.04. The lowest BCUT2D eigenvalue weighted by Crippen LogP contribution is -2.44. The number of urea groups is 1. The van der Waals surface area contributed by atoms with Crippen molar-refractivity contribution in [2.45, 2.75) is 13.0 Å². The molecule has 0 fully saturated rings. The van der Waals surface area contributed by atoms with Crippen LogP contribution in [-0.4, -0.2) is 43.6 Å². The molecule has 1 aromatic heterocycles. The highest BCUT2D eigenvalue weighted by atomic mass is 32.1. The second-order valence-electron chi connectivity index (χ2n) is 6.05. The summed E-state index contributed by atoms with van der Waals surface area (Å²) in [6.45, 7) is 5.30. The van der Waals surface area contributed by atoms with Crippen molar-refractivity contribution in [3.05, 3.63) is 64.9 Å². The summed E-state index contributed by atoms with van der Waals surface area (Å²) in [4.78, 5) is 26.8. The van der Waals surface area contributed by atoms with Crippen LogP contribution in [0.2, 0.25) is 0 Å². The van der Waals surface area contributed by atoms with E-state index in [4.69, 9.17) is 4.74 Å². The summed E-state index contributed by atoms with van der Waals surface area (Å²) in [5.41, 5.74) is 1.05. The molecule has 0 bridgehead atoms. The molecule has 27 heavy (non-hydrogen) atoms. The summed E-state index contributed by atoms with van der Waals surface area (Å²) in [6, 6.07) is 11.2. The third-order valence-electron chi connectivity index (χ3n) is 3.65. The Kier molecular flexibility index (Phi) is 8.54. The molecule has 0 saturated heterocycles. The molecule has 2 rings (SSSR count). The van der Waals surface area contributed by atoms with Crippen molar-refractivity contribution in [3.8, 4) is 5.75 Å². The Labute approximate surface area is 163 Å². The molecule has 0 radical (unpaired) electrons. The van der Waals surface area contributed by atoms with Crippen LogP contribution >= 0.6 is 11.3 Å². The van der Waals surface area contributed by atoms with E-state index < -0.39 is 6.03 Å². The Morgan fingerprint density at radius 2 is 2.04 bits per heavy atom. The van der Waals surface area contributed by atoms with Gasteiger partial charge in [0.05, 0.1) is 6.54 Å². The molecule has 7 heteroatoms. The Morgan fingerprint density at radius 1 is 1.26 bits per heavy atom. The number of nitrogens with one attached hydrogen (secondary N) is 2. The van der Waals surface area contributed by atoms with Crippen LogP contribution in [0.3, 0.4) is 0 Å². The fraction of sp³-hybridized carbons (Fsp3) is 0.300. The predicted molar refractivity (Wildman–Crippen MR) is 108 cm³/mol. The molecular weight excluding hydrogens is 362 g/mol. The van der Waals surface area contributed by atoms with Crippen molar-refractivity contribution in [3.63, 3.8) is 0 Å². The average Bonchev–Trinajstić information content (AvgIpc) is 3.14. The molecule has 0 aliphatic rings. The second kappa shape index (κ2) is 11.2. The summed E-state index contributed by atoms with van der Waals surface area (Å²) in [7, 11) is 1.83. The number of carbonyl (C=O) groups is 2. The number of carbonyl (C=O) groups excluding carboxylic acids is 2. The highest BCUT2D eigenvalue weighted by molar-refractivity contribution is 7.09. The fourth-order valence-corrected chi connectivity index (χ4v) is 3.13. The van der Waals surface area contributed by atoms with Crippen molar-refractivity contribution >= 4 is 23.3 Å². The maximum Gasteiger partial charge on any atom is 0.321 e. The lowest BCUT2D eigenvalue weighted by molar-refractivity contribution is -0.120. The molecule has 0 spiro atoms. The Balaban J connectivity index is 1.66. The molecule has 2 aromatic rings. The first-order valence-corrected chi connectivity index (χ1v) is 9.56. The smallest absolute Gasteiger partial charge is 0.321 e. The third kappa shape index (κ3) is 8.06. The summed E-state index contributed by atoms with van der Waals surface area (Å²) < 4.78 is 5.44. The number of hydrogen-bond acceptors (Lipinski definition) is 5. The predicted octanol–water partition coefficient (Wildman–Crippen LogP) is 2.81. The Hall–Kier alpha value is -2.64. The maximum absolute atomic E-state index is 12.0. The summed E-state index contributed by atoms with van der Waals surface area (Å²) in [6.07, 6.45) is 2.45. The number of ether oxygens (including phenoxy) is 1. The minimum atomic E-state index is -0.464. The van der Waals surface area contributed by atoms with Crippen LogP contribution in [0, 0.1) is 0 Å². The SMILES string of the molecule is C=CCOc1ccc(CN(C)CC(=O)NC(=O)NCCc2cccs2)cc1. The van der Waals surface area contributed by atoms with Gasteiger partial charge in [-0.05, 0) is 42.6 Å². The van der Waals surface area contributed by atoms with Crippen LogP contribution in [0.15, 0.2) is 54.4 Å². The first-order chi connectivity index (χ1) is 13.1. The van der Waals surface area contributed by atoms with Gasteiger partial charge in [-0.15, -0.1) is 11.3 Å². The summed E-state index contributed by atoms with van der Waals surface area (Å²) >= 11 is 1.64. The molecular formula is C20H25N3O3S. The van der Waals surface area contributed by atoms with Crippen molar-refractivity contribution in [2.75, 3.05) is 26.7 Å². The van der Waals surface area contributed by atoms with Crippen LogP contribution in [0.5, 0.6) is 5.75 Å². The normalized spacial score (nSPS) is 10.4. The molecule has 3 amide bonds. The number of thiophene rings is 1. The standard InChI is InChI=1S/C20H25N3O3S/c1-3-12-26-17-8-6-16(7-9-17)14-23(2)15-19(24)22-20(25)21-11-10-18-5-4-13-27-18/h3-9,13H,1,10-12,14-15H2,2H3,(H2,21,22,24,25). The van der Waals surface area contributed by atoms with Gasteiger partial charge in [0, 0.05) is 18.0 Å². The van der Waals surface area contributed by atoms with Gasteiger partial charge in [0.1, 0.15) is 12.4 Å². The van der Waals surface area contributed by atoms with Gasteiger partial charge in [-0.3, -0.25) is 15.0 Å². The maximum atomic E-state index is 12.0. The number of hydrogen-bond donors (Lipinski definition) is 2. The lowest BCUT2D eigenvalue weighted by atomic mass is 10.2. The van der Waals surface area contributed by atoms with Gasteiger partial charge in [0.15, 0.2) is 0 Å². The first kappa shape index (κ1) is 20.7. The minimum absolute atomic E-state index is 0.132. The Bertz CT molecular complexity index is 729. The van der Waals surface area contributed by atoms with Gasteiger partial charge in [0.25, 0.3) is 0 Å². The first-order valence-electron chi connectivity index (χ1n) is 8.68. The number of benzene rings is 1. The van der Waals surface area contributed by atoms with E-state index in [0.29, 0.717) is 19.7 Å². The van der Waals surface area contributed by atoms with Gasteiger partial charge in [-0.25, -0.2) is 4.79 Å². The van der Waals surface area contributed by atoms with E-state index in [2.05, 4.69) is 17.2 Å². The van der Waals surface area contributed by atoms with Crippen molar-refractivity contribution in [2.24, 2.45) is 0 Å². The molecule has 1 heterocycles. The molecule has 0 aliphatic carbocycles. The van der Waals surface area contributed by atoms with Crippen molar-refractivity contribution in [1.82, 2.24) is 15.5 Å². The zero-order chi connectivity index (χ0) is 19.5. The Morgan fingerprint density at radius 3 is 2.70 bits per heavy atom. The van der Waals surface area contributed by atoms with E-state index in [1.54, 1.807) is 17.4 Å². The monoisotopic (exact) mass is 387 g/mol. The number of nitrogens with zero attached hydrogens (tertiary/aromatic N) is 1. The molecule has 0 unspecified atom stereocenters. The minimum Gasteiger partial charge on any atom is -0.490 e. The topological polar surface area (TPSA) is 70.7 Å². The molecule has 0 atom stereocenters. The van der Waals surface area contributed by atoms with Crippen LogP contribution < -0.4 is 15.4 Å². The molecule has 1 aromatic carbocycles. The van der Waals surface area contributed by atoms with E-state index in [9.17, 15) is 9.59 Å². The van der Waals surface area contributed by atoms with E-state index in [1.165, 1.54) is 4.88 Å².